The van der Waals surface area contributed by atoms with Gasteiger partial charge in [0.1, 0.15) is 12.3 Å². The number of halogens is 1. The molecule has 0 radical (unpaired) electrons. The molecule has 140 valence electrons. The Labute approximate surface area is 158 Å². The maximum Gasteiger partial charge on any atom is 0.326 e. The van der Waals surface area contributed by atoms with Gasteiger partial charge in [0.05, 0.1) is 24.8 Å². The fraction of sp³-hybridized carbons (Fsp3) is 0.278. The van der Waals surface area contributed by atoms with Gasteiger partial charge in [-0.15, -0.1) is 0 Å². The topological polar surface area (TPSA) is 72.9 Å². The van der Waals surface area contributed by atoms with Crippen molar-refractivity contribution in [2.75, 3.05) is 25.1 Å². The van der Waals surface area contributed by atoms with Crippen LogP contribution in [0.25, 0.3) is 0 Å². The molecule has 8 heteroatoms. The zero-order valence-corrected chi connectivity index (χ0v) is 16.5. The molecule has 26 heavy (non-hydrogen) atoms. The number of hydrogen-bond acceptors (Lipinski definition) is 5. The molecule has 0 aromatic heterocycles. The molecule has 0 heterocycles. The van der Waals surface area contributed by atoms with Crippen LogP contribution < -0.4 is 9.04 Å². The summed E-state index contributed by atoms with van der Waals surface area (Å²) in [6, 6.07) is 9.36. The Bertz CT molecular complexity index is 927. The van der Waals surface area contributed by atoms with Gasteiger partial charge in [0.2, 0.25) is 0 Å². The predicted molar refractivity (Wildman–Crippen MR) is 100 cm³/mol. The van der Waals surface area contributed by atoms with Gasteiger partial charge in [0.15, 0.2) is 0 Å². The van der Waals surface area contributed by atoms with Crippen molar-refractivity contribution in [2.24, 2.45) is 0 Å². The van der Waals surface area contributed by atoms with Gasteiger partial charge in [0, 0.05) is 5.02 Å². The minimum Gasteiger partial charge on any atom is -0.496 e. The molecular weight excluding hydrogens is 378 g/mol. The van der Waals surface area contributed by atoms with E-state index >= 15 is 0 Å². The summed E-state index contributed by atoms with van der Waals surface area (Å²) in [4.78, 5) is 11.9. The van der Waals surface area contributed by atoms with Crippen molar-refractivity contribution in [3.63, 3.8) is 0 Å². The molecule has 2 rings (SSSR count). The Balaban J connectivity index is 2.61. The van der Waals surface area contributed by atoms with E-state index < -0.39 is 22.5 Å². The Hall–Kier alpha value is -2.25. The highest BCUT2D eigenvalue weighted by Gasteiger charge is 2.29. The summed E-state index contributed by atoms with van der Waals surface area (Å²) in [6.07, 6.45) is 0. The number of ether oxygens (including phenoxy) is 2. The van der Waals surface area contributed by atoms with Gasteiger partial charge in [-0.25, -0.2) is 8.42 Å². The van der Waals surface area contributed by atoms with Gasteiger partial charge in [0.25, 0.3) is 10.0 Å². The number of carbonyl (C=O) groups is 1. The number of hydrogen-bond donors (Lipinski definition) is 0. The summed E-state index contributed by atoms with van der Waals surface area (Å²) in [5.41, 5.74) is 1.64. The quantitative estimate of drug-likeness (QED) is 0.699. The third kappa shape index (κ3) is 4.11. The minimum absolute atomic E-state index is 0.0408. The number of anilines is 1. The number of nitrogens with zero attached hydrogens (tertiary/aromatic N) is 1. The van der Waals surface area contributed by atoms with E-state index in [0.717, 1.165) is 4.31 Å². The summed E-state index contributed by atoms with van der Waals surface area (Å²) < 4.78 is 37.3. The average Bonchev–Trinajstić information content (AvgIpc) is 2.61. The lowest BCUT2D eigenvalue weighted by atomic mass is 10.2. The lowest BCUT2D eigenvalue weighted by molar-refractivity contribution is -0.138. The Morgan fingerprint density at radius 1 is 1.08 bits per heavy atom. The molecular formula is C18H20ClNO5S. The molecule has 2 aromatic rings. The van der Waals surface area contributed by atoms with Crippen molar-refractivity contribution in [1.82, 2.24) is 0 Å². The number of esters is 1. The van der Waals surface area contributed by atoms with Crippen LogP contribution in [-0.4, -0.2) is 35.2 Å². The van der Waals surface area contributed by atoms with Crippen LogP contribution in [0.5, 0.6) is 5.75 Å². The summed E-state index contributed by atoms with van der Waals surface area (Å²) in [5, 5.41) is 0.363. The van der Waals surface area contributed by atoms with E-state index in [1.54, 1.807) is 32.0 Å². The van der Waals surface area contributed by atoms with Crippen LogP contribution in [-0.2, 0) is 19.6 Å². The molecule has 0 spiro atoms. The van der Waals surface area contributed by atoms with Crippen LogP contribution in [0.2, 0.25) is 5.02 Å². The highest BCUT2D eigenvalue weighted by molar-refractivity contribution is 7.92. The van der Waals surface area contributed by atoms with Crippen molar-refractivity contribution >= 4 is 33.3 Å². The van der Waals surface area contributed by atoms with Gasteiger partial charge in [-0.05, 0) is 55.3 Å². The Kier molecular flexibility index (Phi) is 6.15. The van der Waals surface area contributed by atoms with Crippen LogP contribution in [0.15, 0.2) is 41.3 Å². The fourth-order valence-electron chi connectivity index (χ4n) is 2.47. The zero-order chi connectivity index (χ0) is 19.5. The van der Waals surface area contributed by atoms with Crippen LogP contribution in [0.4, 0.5) is 5.69 Å². The highest BCUT2D eigenvalue weighted by atomic mass is 35.5. The molecule has 0 saturated heterocycles. The van der Waals surface area contributed by atoms with E-state index in [1.165, 1.54) is 32.4 Å². The number of aryl methyl sites for hydroxylation is 2. The fourth-order valence-corrected chi connectivity index (χ4v) is 4.19. The van der Waals surface area contributed by atoms with Gasteiger partial charge in [-0.2, -0.15) is 0 Å². The summed E-state index contributed by atoms with van der Waals surface area (Å²) in [5.74, 6) is -0.111. The van der Waals surface area contributed by atoms with Crippen molar-refractivity contribution in [1.29, 1.82) is 0 Å². The van der Waals surface area contributed by atoms with Gasteiger partial charge in [-0.1, -0.05) is 17.7 Å². The van der Waals surface area contributed by atoms with Crippen LogP contribution in [0.3, 0.4) is 0 Å². The predicted octanol–water partition coefficient (Wildman–Crippen LogP) is 3.33. The maximum absolute atomic E-state index is 13.2. The van der Waals surface area contributed by atoms with Crippen LogP contribution >= 0.6 is 11.6 Å². The highest BCUT2D eigenvalue weighted by Crippen LogP contribution is 2.31. The van der Waals surface area contributed by atoms with Crippen molar-refractivity contribution in [2.45, 2.75) is 18.7 Å². The molecule has 0 saturated carbocycles. The van der Waals surface area contributed by atoms with Crippen molar-refractivity contribution in [3.8, 4) is 5.75 Å². The third-order valence-electron chi connectivity index (χ3n) is 3.89. The lowest BCUT2D eigenvalue weighted by Crippen LogP contribution is -2.36. The second kappa shape index (κ2) is 7.97. The second-order valence-corrected chi connectivity index (χ2v) is 7.95. The number of sulfonamides is 1. The Morgan fingerprint density at radius 2 is 1.77 bits per heavy atom. The molecule has 0 aliphatic rings. The number of rotatable bonds is 6. The summed E-state index contributed by atoms with van der Waals surface area (Å²) in [6.45, 7) is 3.02. The zero-order valence-electron chi connectivity index (χ0n) is 14.9. The SMILES string of the molecule is COC(=O)CN(c1cc(Cl)ccc1C)S(=O)(=O)c1ccc(OC)c(C)c1. The van der Waals surface area contributed by atoms with E-state index in [0.29, 0.717) is 27.6 Å². The third-order valence-corrected chi connectivity index (χ3v) is 5.89. The summed E-state index contributed by atoms with van der Waals surface area (Å²) in [7, 11) is -1.31. The maximum atomic E-state index is 13.2. The van der Waals surface area contributed by atoms with Crippen LogP contribution in [0, 0.1) is 13.8 Å². The average molecular weight is 398 g/mol. The number of carbonyl (C=O) groups excluding carboxylic acids is 1. The van der Waals surface area contributed by atoms with E-state index in [1.807, 2.05) is 0 Å². The van der Waals surface area contributed by atoms with E-state index in [9.17, 15) is 13.2 Å². The second-order valence-electron chi connectivity index (χ2n) is 5.65. The molecule has 0 fully saturated rings. The summed E-state index contributed by atoms with van der Waals surface area (Å²) >= 11 is 6.04. The van der Waals surface area contributed by atoms with Crippen molar-refractivity contribution < 1.29 is 22.7 Å². The lowest BCUT2D eigenvalue weighted by Gasteiger charge is -2.25. The van der Waals surface area contributed by atoms with E-state index in [4.69, 9.17) is 16.3 Å². The first-order chi connectivity index (χ1) is 12.2. The molecule has 0 atom stereocenters. The van der Waals surface area contributed by atoms with Gasteiger partial charge < -0.3 is 9.47 Å². The van der Waals surface area contributed by atoms with Gasteiger partial charge in [-0.3, -0.25) is 9.10 Å². The molecule has 0 aliphatic carbocycles. The molecule has 0 bridgehead atoms. The van der Waals surface area contributed by atoms with E-state index in [2.05, 4.69) is 4.74 Å². The first-order valence-corrected chi connectivity index (χ1v) is 9.53. The molecule has 0 N–H and O–H groups in total. The molecule has 2 aromatic carbocycles. The monoisotopic (exact) mass is 397 g/mol. The van der Waals surface area contributed by atoms with E-state index in [-0.39, 0.29) is 4.90 Å². The first kappa shape index (κ1) is 20.1. The first-order valence-electron chi connectivity index (χ1n) is 7.71. The van der Waals surface area contributed by atoms with Crippen molar-refractivity contribution in [3.05, 3.63) is 52.5 Å². The normalized spacial score (nSPS) is 11.1. The largest absolute Gasteiger partial charge is 0.496 e. The Morgan fingerprint density at radius 3 is 2.35 bits per heavy atom. The minimum atomic E-state index is -4.03. The number of benzene rings is 2. The molecule has 0 amide bonds. The molecule has 6 nitrogen and oxygen atoms in total. The molecule has 0 aliphatic heterocycles. The molecule has 0 unspecified atom stereocenters. The van der Waals surface area contributed by atoms with Crippen LogP contribution in [0.1, 0.15) is 11.1 Å². The number of methoxy groups -OCH3 is 2. The smallest absolute Gasteiger partial charge is 0.326 e. The standard InChI is InChI=1S/C18H20ClNO5S/c1-12-5-6-14(19)10-16(12)20(11-18(21)25-4)26(22,23)15-7-8-17(24-3)13(2)9-15/h5-10H,11H2,1-4H3. The van der Waals surface area contributed by atoms with Gasteiger partial charge >= 0.3 is 5.97 Å².